The summed E-state index contributed by atoms with van der Waals surface area (Å²) in [4.78, 5) is 36.1. The lowest BCUT2D eigenvalue weighted by molar-refractivity contribution is 0.155. The van der Waals surface area contributed by atoms with Crippen molar-refractivity contribution in [2.75, 3.05) is 6.61 Å². The molecule has 172 valence electrons. The lowest BCUT2D eigenvalue weighted by atomic mass is 10.2. The number of hydrogen-bond donors (Lipinski definition) is 0. The maximum Gasteiger partial charge on any atom is 0.420 e. The predicted octanol–water partition coefficient (Wildman–Crippen LogP) is 4.36. The molecule has 0 aliphatic carbocycles. The van der Waals surface area contributed by atoms with Gasteiger partial charge in [-0.15, -0.1) is 0 Å². The third-order valence-corrected chi connectivity index (χ3v) is 5.85. The molecular weight excluding hydrogens is 444 g/mol. The molecule has 6 rings (SSSR count). The average Bonchev–Trinajstić information content (AvgIpc) is 3.44. The summed E-state index contributed by atoms with van der Waals surface area (Å²) < 4.78 is 9.54. The van der Waals surface area contributed by atoms with Gasteiger partial charge in [0.15, 0.2) is 17.2 Å². The monoisotopic (exact) mass is 464 g/mol. The number of fused-ring (bicyclic) bond motifs is 4. The minimum atomic E-state index is -0.583. The van der Waals surface area contributed by atoms with Crippen LogP contribution >= 0.6 is 0 Å². The highest BCUT2D eigenvalue weighted by molar-refractivity contribution is 5.94. The third kappa shape index (κ3) is 3.20. The summed E-state index contributed by atoms with van der Waals surface area (Å²) in [5, 5.41) is 4.69. The molecule has 0 radical (unpaired) electrons. The van der Waals surface area contributed by atoms with Crippen molar-refractivity contribution in [2.45, 2.75) is 13.8 Å². The average molecular weight is 464 g/mol. The van der Waals surface area contributed by atoms with Gasteiger partial charge < -0.3 is 4.74 Å². The van der Waals surface area contributed by atoms with Crippen LogP contribution in [-0.4, -0.2) is 41.4 Å². The van der Waals surface area contributed by atoms with E-state index in [0.717, 1.165) is 5.56 Å². The molecule has 0 spiro atoms. The summed E-state index contributed by atoms with van der Waals surface area (Å²) in [5.41, 5.74) is 4.29. The number of ether oxygens (including phenoxy) is 1. The van der Waals surface area contributed by atoms with E-state index in [4.69, 9.17) is 19.8 Å². The first kappa shape index (κ1) is 20.8. The minimum Gasteiger partial charge on any atom is -0.449 e. The van der Waals surface area contributed by atoms with Crippen LogP contribution in [0.3, 0.4) is 0 Å². The van der Waals surface area contributed by atoms with E-state index < -0.39 is 6.09 Å². The molecule has 3 heterocycles. The van der Waals surface area contributed by atoms with Crippen molar-refractivity contribution in [3.63, 3.8) is 0 Å². The summed E-state index contributed by atoms with van der Waals surface area (Å²) in [6, 6.07) is 22.1. The predicted molar refractivity (Wildman–Crippen MR) is 132 cm³/mol. The van der Waals surface area contributed by atoms with Crippen LogP contribution in [0.4, 0.5) is 4.79 Å². The van der Waals surface area contributed by atoms with Crippen LogP contribution in [-0.2, 0) is 4.74 Å². The van der Waals surface area contributed by atoms with Crippen molar-refractivity contribution in [1.82, 2.24) is 28.7 Å². The number of benzene rings is 3. The Hall–Kier alpha value is -4.79. The van der Waals surface area contributed by atoms with Gasteiger partial charge in [-0.1, -0.05) is 42.0 Å². The first-order chi connectivity index (χ1) is 17.1. The lowest BCUT2D eigenvalue weighted by Gasteiger charge is -2.11. The molecule has 0 atom stereocenters. The molecule has 35 heavy (non-hydrogen) atoms. The van der Waals surface area contributed by atoms with Crippen LogP contribution in [0.5, 0.6) is 0 Å². The Labute approximate surface area is 198 Å². The highest BCUT2D eigenvalue weighted by atomic mass is 16.5. The Morgan fingerprint density at radius 3 is 2.26 bits per heavy atom. The topological polar surface area (TPSA) is 96.3 Å². The zero-order valence-electron chi connectivity index (χ0n) is 19.0. The van der Waals surface area contributed by atoms with Gasteiger partial charge in [0.05, 0.1) is 34.4 Å². The molecule has 0 saturated heterocycles. The number of carbonyl (C=O) groups excluding carboxylic acids is 1. The van der Waals surface area contributed by atoms with Crippen LogP contribution in [0.1, 0.15) is 12.5 Å². The highest BCUT2D eigenvalue weighted by Crippen LogP contribution is 2.28. The van der Waals surface area contributed by atoms with Crippen LogP contribution in [0.2, 0.25) is 0 Å². The zero-order valence-corrected chi connectivity index (χ0v) is 19.0. The number of rotatable bonds is 3. The van der Waals surface area contributed by atoms with Gasteiger partial charge in [0.25, 0.3) is 0 Å². The van der Waals surface area contributed by atoms with E-state index in [1.54, 1.807) is 13.0 Å². The summed E-state index contributed by atoms with van der Waals surface area (Å²) in [6.07, 6.45) is -0.583. The number of aryl methyl sites for hydroxylation is 1. The number of aromatic nitrogens is 6. The maximum absolute atomic E-state index is 13.7. The summed E-state index contributed by atoms with van der Waals surface area (Å²) in [5.74, 6) is 0.241. The first-order valence-corrected chi connectivity index (χ1v) is 11.2. The number of nitrogens with zero attached hydrogens (tertiary/aromatic N) is 6. The number of hydrogen-bond acceptors (Lipinski definition) is 6. The Balaban J connectivity index is 1.77. The minimum absolute atomic E-state index is 0.198. The standard InChI is InChI=1S/C26H20N6O3/c1-3-35-26(34)31-21-11-7-5-9-19(21)28-24(31)22-23-27-18-8-4-6-10-20(18)30(23)25(33)32(29-22)17-14-12-16(2)13-15-17/h4-15H,3H2,1-2H3. The van der Waals surface area contributed by atoms with Gasteiger partial charge >= 0.3 is 11.8 Å². The van der Waals surface area contributed by atoms with E-state index in [2.05, 4.69) is 0 Å². The number of imidazole rings is 2. The molecule has 0 amide bonds. The van der Waals surface area contributed by atoms with Gasteiger partial charge in [-0.2, -0.15) is 9.78 Å². The molecule has 3 aromatic carbocycles. The second-order valence-corrected chi connectivity index (χ2v) is 8.10. The fraction of sp³-hybridized carbons (Fsp3) is 0.115. The SMILES string of the molecule is CCOC(=O)n1c(-c2nn(-c3ccc(C)cc3)c(=O)n3c2nc2ccccc23)nc2ccccc21. The molecule has 0 bridgehead atoms. The summed E-state index contributed by atoms with van der Waals surface area (Å²) in [7, 11) is 0. The number of para-hydroxylation sites is 4. The zero-order chi connectivity index (χ0) is 24.1. The van der Waals surface area contributed by atoms with Gasteiger partial charge in [0, 0.05) is 0 Å². The van der Waals surface area contributed by atoms with Gasteiger partial charge in [0.1, 0.15) is 0 Å². The molecule has 0 aliphatic rings. The summed E-state index contributed by atoms with van der Waals surface area (Å²) >= 11 is 0. The van der Waals surface area contributed by atoms with Crippen molar-refractivity contribution in [2.24, 2.45) is 0 Å². The van der Waals surface area contributed by atoms with Crippen LogP contribution in [0.25, 0.3) is 44.9 Å². The van der Waals surface area contributed by atoms with E-state index in [9.17, 15) is 9.59 Å². The molecule has 0 fully saturated rings. The smallest absolute Gasteiger partial charge is 0.420 e. The van der Waals surface area contributed by atoms with Crippen molar-refractivity contribution >= 4 is 33.8 Å². The molecular formula is C26H20N6O3. The van der Waals surface area contributed by atoms with Crippen LogP contribution < -0.4 is 5.69 Å². The molecule has 3 aromatic heterocycles. The molecule has 0 unspecified atom stereocenters. The van der Waals surface area contributed by atoms with Crippen LogP contribution in [0, 0.1) is 6.92 Å². The summed E-state index contributed by atoms with van der Waals surface area (Å²) in [6.45, 7) is 3.91. The Kier molecular flexibility index (Phi) is 4.70. The fourth-order valence-corrected chi connectivity index (χ4v) is 4.22. The molecule has 6 aromatic rings. The van der Waals surface area contributed by atoms with Crippen molar-refractivity contribution in [3.05, 3.63) is 88.8 Å². The van der Waals surface area contributed by atoms with E-state index in [-0.39, 0.29) is 23.8 Å². The highest BCUT2D eigenvalue weighted by Gasteiger charge is 2.25. The molecule has 9 heteroatoms. The van der Waals surface area contributed by atoms with Crippen molar-refractivity contribution in [3.8, 4) is 17.2 Å². The molecule has 0 aliphatic heterocycles. The van der Waals surface area contributed by atoms with Crippen LogP contribution in [0.15, 0.2) is 77.6 Å². The van der Waals surface area contributed by atoms with E-state index in [1.807, 2.05) is 73.7 Å². The van der Waals surface area contributed by atoms with E-state index >= 15 is 0 Å². The lowest BCUT2D eigenvalue weighted by Crippen LogP contribution is -2.29. The second kappa shape index (κ2) is 7.91. The molecule has 0 saturated carbocycles. The fourth-order valence-electron chi connectivity index (χ4n) is 4.22. The Bertz CT molecular complexity index is 1810. The quantitative estimate of drug-likeness (QED) is 0.386. The Morgan fingerprint density at radius 1 is 0.886 bits per heavy atom. The third-order valence-electron chi connectivity index (χ3n) is 5.85. The maximum atomic E-state index is 13.7. The largest absolute Gasteiger partial charge is 0.449 e. The van der Waals surface area contributed by atoms with Gasteiger partial charge in [-0.3, -0.25) is 0 Å². The van der Waals surface area contributed by atoms with Gasteiger partial charge in [-0.25, -0.2) is 28.5 Å². The van der Waals surface area contributed by atoms with Crippen molar-refractivity contribution in [1.29, 1.82) is 0 Å². The second-order valence-electron chi connectivity index (χ2n) is 8.10. The normalized spacial score (nSPS) is 11.5. The Morgan fingerprint density at radius 2 is 1.54 bits per heavy atom. The van der Waals surface area contributed by atoms with Crippen molar-refractivity contribution < 1.29 is 9.53 Å². The van der Waals surface area contributed by atoms with Gasteiger partial charge in [-0.05, 0) is 50.2 Å². The molecule has 9 nitrogen and oxygen atoms in total. The van der Waals surface area contributed by atoms with E-state index in [1.165, 1.54) is 13.6 Å². The van der Waals surface area contributed by atoms with Gasteiger partial charge in [0.2, 0.25) is 0 Å². The molecule has 0 N–H and O–H groups in total. The first-order valence-electron chi connectivity index (χ1n) is 11.2. The van der Waals surface area contributed by atoms with E-state index in [0.29, 0.717) is 33.4 Å². The number of carbonyl (C=O) groups is 1.